The number of hydrogen-bond acceptors (Lipinski definition) is 3. The van der Waals surface area contributed by atoms with E-state index in [-0.39, 0.29) is 5.75 Å². The van der Waals surface area contributed by atoms with Gasteiger partial charge in [-0.1, -0.05) is 12.1 Å². The van der Waals surface area contributed by atoms with E-state index < -0.39 is 0 Å². The monoisotopic (exact) mass is 295 g/mol. The minimum Gasteiger partial charge on any atom is -0.507 e. The Bertz CT molecular complexity index is 747. The molecule has 0 radical (unpaired) electrons. The number of nitrogens with zero attached hydrogens (tertiary/aromatic N) is 2. The maximum atomic E-state index is 10.5. The summed E-state index contributed by atoms with van der Waals surface area (Å²) in [7, 11) is 0. The summed E-state index contributed by atoms with van der Waals surface area (Å²) >= 11 is 0. The first kappa shape index (κ1) is 14.4. The second-order valence-electron chi connectivity index (χ2n) is 5.43. The predicted molar refractivity (Wildman–Crippen MR) is 91.5 cm³/mol. The number of phenols is 1. The molecule has 4 nitrogen and oxygen atoms in total. The van der Waals surface area contributed by atoms with Gasteiger partial charge in [0.05, 0.1) is 16.6 Å². The zero-order valence-corrected chi connectivity index (χ0v) is 13.2. The van der Waals surface area contributed by atoms with Gasteiger partial charge in [-0.15, -0.1) is 0 Å². The average Bonchev–Trinajstić information content (AvgIpc) is 2.91. The molecule has 0 unspecified atom stereocenters. The van der Waals surface area contributed by atoms with Crippen LogP contribution in [0.3, 0.4) is 0 Å². The molecule has 3 aromatic rings. The molecular weight excluding hydrogens is 274 g/mol. The zero-order valence-electron chi connectivity index (χ0n) is 13.2. The van der Waals surface area contributed by atoms with Gasteiger partial charge in [-0.3, -0.25) is 0 Å². The van der Waals surface area contributed by atoms with Gasteiger partial charge < -0.3 is 15.0 Å². The number of nitrogens with one attached hydrogen (secondary N) is 1. The van der Waals surface area contributed by atoms with Crippen LogP contribution in [0.1, 0.15) is 19.4 Å². The third-order valence-corrected chi connectivity index (χ3v) is 4.05. The van der Waals surface area contributed by atoms with Gasteiger partial charge in [-0.05, 0) is 44.5 Å². The van der Waals surface area contributed by atoms with Gasteiger partial charge in [-0.2, -0.15) is 0 Å². The van der Waals surface area contributed by atoms with Crippen LogP contribution in [0.2, 0.25) is 0 Å². The molecular formula is C18H21N3O. The molecule has 3 rings (SSSR count). The summed E-state index contributed by atoms with van der Waals surface area (Å²) in [4.78, 5) is 10.1. The van der Waals surface area contributed by atoms with Crippen molar-refractivity contribution in [3.05, 3.63) is 42.0 Å². The summed E-state index contributed by atoms with van der Waals surface area (Å²) in [6, 6.07) is 11.8. The Labute approximate surface area is 130 Å². The van der Waals surface area contributed by atoms with Crippen LogP contribution in [-0.2, 0) is 0 Å². The average molecular weight is 295 g/mol. The summed E-state index contributed by atoms with van der Waals surface area (Å²) in [6.07, 6.45) is 0. The van der Waals surface area contributed by atoms with Gasteiger partial charge in [-0.25, -0.2) is 4.98 Å². The molecule has 0 aliphatic heterocycles. The van der Waals surface area contributed by atoms with Crippen molar-refractivity contribution < 1.29 is 5.11 Å². The summed E-state index contributed by atoms with van der Waals surface area (Å²) in [5, 5.41) is 10.5. The number of rotatable bonds is 4. The van der Waals surface area contributed by atoms with Crippen LogP contribution in [0, 0.1) is 6.92 Å². The highest BCUT2D eigenvalue weighted by molar-refractivity contribution is 5.82. The molecule has 0 aliphatic carbocycles. The highest BCUT2D eigenvalue weighted by Gasteiger charge is 2.15. The van der Waals surface area contributed by atoms with Crippen molar-refractivity contribution >= 4 is 16.7 Å². The van der Waals surface area contributed by atoms with Crippen molar-refractivity contribution in [3.8, 4) is 17.1 Å². The lowest BCUT2D eigenvalue weighted by molar-refractivity contribution is 0.476. The molecule has 0 amide bonds. The third kappa shape index (κ3) is 2.41. The Morgan fingerprint density at radius 1 is 1.14 bits per heavy atom. The van der Waals surface area contributed by atoms with Crippen molar-refractivity contribution in [3.63, 3.8) is 0 Å². The second-order valence-corrected chi connectivity index (χ2v) is 5.43. The topological polar surface area (TPSA) is 52.2 Å². The fourth-order valence-electron chi connectivity index (χ4n) is 2.90. The molecule has 0 fully saturated rings. The molecule has 0 aliphatic rings. The number of aryl methyl sites for hydroxylation is 1. The number of aromatic amines is 1. The molecule has 0 saturated carbocycles. The molecule has 0 saturated heterocycles. The molecule has 2 N–H and O–H groups in total. The highest BCUT2D eigenvalue weighted by Crippen LogP contribution is 2.35. The lowest BCUT2D eigenvalue weighted by atomic mass is 10.1. The van der Waals surface area contributed by atoms with Crippen LogP contribution in [0.5, 0.6) is 5.75 Å². The maximum Gasteiger partial charge on any atom is 0.142 e. The number of para-hydroxylation sites is 2. The molecule has 1 heterocycles. The van der Waals surface area contributed by atoms with Crippen molar-refractivity contribution in [1.29, 1.82) is 0 Å². The molecule has 2 aromatic carbocycles. The SMILES string of the molecule is CCN(CC)c1cc(C)c(-c2nc3ccccc3[nH]2)c(O)c1. The lowest BCUT2D eigenvalue weighted by Crippen LogP contribution is -2.21. The summed E-state index contributed by atoms with van der Waals surface area (Å²) in [5.74, 6) is 0.975. The van der Waals surface area contributed by atoms with E-state index in [0.29, 0.717) is 5.82 Å². The number of aromatic nitrogens is 2. The molecule has 4 heteroatoms. The minimum absolute atomic E-state index is 0.265. The molecule has 22 heavy (non-hydrogen) atoms. The predicted octanol–water partition coefficient (Wildman–Crippen LogP) is 4.09. The van der Waals surface area contributed by atoms with Crippen LogP contribution in [0.15, 0.2) is 36.4 Å². The molecule has 0 spiro atoms. The van der Waals surface area contributed by atoms with Gasteiger partial charge >= 0.3 is 0 Å². The van der Waals surface area contributed by atoms with E-state index in [2.05, 4.69) is 34.8 Å². The number of phenolic OH excluding ortho intramolecular Hbond substituents is 1. The number of aromatic hydroxyl groups is 1. The van der Waals surface area contributed by atoms with E-state index in [4.69, 9.17) is 0 Å². The Hall–Kier alpha value is -2.49. The van der Waals surface area contributed by atoms with E-state index in [0.717, 1.165) is 40.9 Å². The molecule has 1 aromatic heterocycles. The van der Waals surface area contributed by atoms with Crippen molar-refractivity contribution in [2.45, 2.75) is 20.8 Å². The van der Waals surface area contributed by atoms with Crippen LogP contribution in [0.25, 0.3) is 22.4 Å². The van der Waals surface area contributed by atoms with Crippen molar-refractivity contribution in [1.82, 2.24) is 9.97 Å². The Kier molecular flexibility index (Phi) is 3.75. The Morgan fingerprint density at radius 3 is 2.50 bits per heavy atom. The number of benzene rings is 2. The summed E-state index contributed by atoms with van der Waals surface area (Å²) < 4.78 is 0. The fraction of sp³-hybridized carbons (Fsp3) is 0.278. The van der Waals surface area contributed by atoms with Gasteiger partial charge in [0.25, 0.3) is 0 Å². The van der Waals surface area contributed by atoms with Crippen LogP contribution in [-0.4, -0.2) is 28.2 Å². The Morgan fingerprint density at radius 2 is 1.86 bits per heavy atom. The smallest absolute Gasteiger partial charge is 0.142 e. The standard InChI is InChI=1S/C18H21N3O/c1-4-21(5-2)13-10-12(3)17(16(22)11-13)18-19-14-8-6-7-9-15(14)20-18/h6-11,22H,4-5H2,1-3H3,(H,19,20). The normalized spacial score (nSPS) is 11.0. The van der Waals surface area contributed by atoms with Gasteiger partial charge in [0.2, 0.25) is 0 Å². The van der Waals surface area contributed by atoms with E-state index in [1.165, 1.54) is 0 Å². The van der Waals surface area contributed by atoms with Crippen LogP contribution >= 0.6 is 0 Å². The number of imidazole rings is 1. The third-order valence-electron chi connectivity index (χ3n) is 4.05. The minimum atomic E-state index is 0.265. The highest BCUT2D eigenvalue weighted by atomic mass is 16.3. The zero-order chi connectivity index (χ0) is 15.7. The van der Waals surface area contributed by atoms with Gasteiger partial charge in [0, 0.05) is 24.8 Å². The first-order valence-electron chi connectivity index (χ1n) is 7.67. The number of fused-ring (bicyclic) bond motifs is 1. The summed E-state index contributed by atoms with van der Waals surface area (Å²) in [6.45, 7) is 8.07. The molecule has 0 bridgehead atoms. The lowest BCUT2D eigenvalue weighted by Gasteiger charge is -2.22. The molecule has 114 valence electrons. The first-order chi connectivity index (χ1) is 10.6. The van der Waals surface area contributed by atoms with Crippen molar-refractivity contribution in [2.75, 3.05) is 18.0 Å². The van der Waals surface area contributed by atoms with Crippen LogP contribution in [0.4, 0.5) is 5.69 Å². The quantitative estimate of drug-likeness (QED) is 0.762. The van der Waals surface area contributed by atoms with Crippen molar-refractivity contribution in [2.24, 2.45) is 0 Å². The van der Waals surface area contributed by atoms with Crippen LogP contribution < -0.4 is 4.90 Å². The van der Waals surface area contributed by atoms with Gasteiger partial charge in [0.15, 0.2) is 0 Å². The van der Waals surface area contributed by atoms with E-state index in [1.807, 2.05) is 37.3 Å². The number of hydrogen-bond donors (Lipinski definition) is 2. The van der Waals surface area contributed by atoms with E-state index in [1.54, 1.807) is 0 Å². The maximum absolute atomic E-state index is 10.5. The van der Waals surface area contributed by atoms with E-state index in [9.17, 15) is 5.11 Å². The Balaban J connectivity index is 2.11. The van der Waals surface area contributed by atoms with E-state index >= 15 is 0 Å². The molecule has 0 atom stereocenters. The second kappa shape index (κ2) is 5.72. The largest absolute Gasteiger partial charge is 0.507 e. The number of H-pyrrole nitrogens is 1. The van der Waals surface area contributed by atoms with Gasteiger partial charge in [0.1, 0.15) is 11.6 Å². The summed E-state index contributed by atoms with van der Waals surface area (Å²) in [5.41, 5.74) is 4.71. The number of anilines is 1. The fourth-order valence-corrected chi connectivity index (χ4v) is 2.90. The first-order valence-corrected chi connectivity index (χ1v) is 7.67.